The van der Waals surface area contributed by atoms with Crippen LogP contribution in [0, 0.1) is 0 Å². The van der Waals surface area contributed by atoms with E-state index in [4.69, 9.17) is 0 Å². The first-order chi connectivity index (χ1) is 6.87. The van der Waals surface area contributed by atoms with Crippen molar-refractivity contribution in [1.82, 2.24) is 20.2 Å². The Bertz CT molecular complexity index is 311. The lowest BCUT2D eigenvalue weighted by atomic mass is 10.1. The monoisotopic (exact) mass is 224 g/mol. The minimum atomic E-state index is -4.24. The summed E-state index contributed by atoms with van der Waals surface area (Å²) in [5.74, 6) is 0.243. The second-order valence-electron chi connectivity index (χ2n) is 3.21. The van der Waals surface area contributed by atoms with Crippen LogP contribution in [0.3, 0.4) is 0 Å². The summed E-state index contributed by atoms with van der Waals surface area (Å²) in [6, 6.07) is 0. The second kappa shape index (κ2) is 4.56. The number of aliphatic hydroxyl groups excluding tert-OH is 1. The van der Waals surface area contributed by atoms with E-state index in [1.165, 1.54) is 4.80 Å². The zero-order valence-corrected chi connectivity index (χ0v) is 8.07. The molecule has 1 N–H and O–H groups in total. The maximum absolute atomic E-state index is 11.8. The van der Waals surface area contributed by atoms with Crippen molar-refractivity contribution in [2.24, 2.45) is 7.05 Å². The highest BCUT2D eigenvalue weighted by Crippen LogP contribution is 2.22. The molecular formula is C7H11F3N4O. The van der Waals surface area contributed by atoms with E-state index in [9.17, 15) is 18.3 Å². The summed E-state index contributed by atoms with van der Waals surface area (Å²) in [5, 5.41) is 20.1. The summed E-state index contributed by atoms with van der Waals surface area (Å²) in [6.07, 6.45) is -6.69. The van der Waals surface area contributed by atoms with Gasteiger partial charge < -0.3 is 5.11 Å². The molecule has 0 amide bonds. The number of nitrogens with zero attached hydrogens (tertiary/aromatic N) is 4. The van der Waals surface area contributed by atoms with Crippen LogP contribution < -0.4 is 0 Å². The lowest BCUT2D eigenvalue weighted by Crippen LogP contribution is -2.17. The molecule has 0 bridgehead atoms. The highest BCUT2D eigenvalue weighted by Gasteiger charge is 2.28. The molecule has 0 fully saturated rings. The number of hydrogen-bond donors (Lipinski definition) is 1. The van der Waals surface area contributed by atoms with Crippen molar-refractivity contribution in [2.75, 3.05) is 0 Å². The summed E-state index contributed by atoms with van der Waals surface area (Å²) in [7, 11) is 1.54. The van der Waals surface area contributed by atoms with Crippen LogP contribution in [-0.2, 0) is 13.5 Å². The number of hydrogen-bond acceptors (Lipinski definition) is 4. The van der Waals surface area contributed by atoms with Crippen molar-refractivity contribution in [3.8, 4) is 0 Å². The van der Waals surface area contributed by atoms with E-state index in [-0.39, 0.29) is 18.7 Å². The normalized spacial score (nSPS) is 14.2. The van der Waals surface area contributed by atoms with Gasteiger partial charge in [0.05, 0.1) is 13.2 Å². The number of aliphatic hydroxyl groups is 1. The van der Waals surface area contributed by atoms with Gasteiger partial charge in [0.15, 0.2) is 5.82 Å². The number of tetrazole rings is 1. The predicted octanol–water partition coefficient (Wildman–Crippen LogP) is 0.456. The van der Waals surface area contributed by atoms with Crippen molar-refractivity contribution in [1.29, 1.82) is 0 Å². The molecule has 1 rings (SSSR count). The molecule has 0 aliphatic heterocycles. The molecule has 0 aliphatic rings. The zero-order chi connectivity index (χ0) is 11.5. The molecule has 15 heavy (non-hydrogen) atoms. The fourth-order valence-corrected chi connectivity index (χ4v) is 1.05. The highest BCUT2D eigenvalue weighted by atomic mass is 19.4. The Morgan fingerprint density at radius 3 is 2.60 bits per heavy atom. The molecule has 0 aromatic carbocycles. The van der Waals surface area contributed by atoms with E-state index >= 15 is 0 Å². The van der Waals surface area contributed by atoms with E-state index in [0.29, 0.717) is 0 Å². The lowest BCUT2D eigenvalue weighted by molar-refractivity contribution is -0.139. The quantitative estimate of drug-likeness (QED) is 0.806. The smallest absolute Gasteiger partial charge is 0.389 e. The van der Waals surface area contributed by atoms with Crippen LogP contribution in [0.5, 0.6) is 0 Å². The first-order valence-corrected chi connectivity index (χ1v) is 4.34. The average Bonchev–Trinajstić information content (AvgIpc) is 2.47. The van der Waals surface area contributed by atoms with Gasteiger partial charge in [0, 0.05) is 12.8 Å². The molecule has 0 aliphatic carbocycles. The van der Waals surface area contributed by atoms with Crippen molar-refractivity contribution in [3.05, 3.63) is 5.82 Å². The van der Waals surface area contributed by atoms with Crippen molar-refractivity contribution in [2.45, 2.75) is 31.5 Å². The molecule has 0 saturated heterocycles. The largest absolute Gasteiger partial charge is 0.393 e. The number of halogens is 3. The number of aromatic nitrogens is 4. The van der Waals surface area contributed by atoms with Gasteiger partial charge in [-0.15, -0.1) is 10.2 Å². The molecule has 1 aromatic heterocycles. The van der Waals surface area contributed by atoms with Crippen molar-refractivity contribution in [3.63, 3.8) is 0 Å². The van der Waals surface area contributed by atoms with E-state index < -0.39 is 18.7 Å². The standard InChI is InChI=1S/C7H11F3N4O/c1-14-12-6(11-13-14)4-5(15)2-3-7(8,9)10/h5,15H,2-4H2,1H3. The summed E-state index contributed by atoms with van der Waals surface area (Å²) < 4.78 is 35.4. The second-order valence-corrected chi connectivity index (χ2v) is 3.21. The Labute approximate surface area is 83.9 Å². The average molecular weight is 224 g/mol. The number of alkyl halides is 3. The Morgan fingerprint density at radius 2 is 2.13 bits per heavy atom. The van der Waals surface area contributed by atoms with E-state index in [0.717, 1.165) is 0 Å². The number of rotatable bonds is 4. The first kappa shape index (κ1) is 11.9. The summed E-state index contributed by atoms with van der Waals surface area (Å²) >= 11 is 0. The van der Waals surface area contributed by atoms with Crippen molar-refractivity contribution < 1.29 is 18.3 Å². The van der Waals surface area contributed by atoms with Gasteiger partial charge >= 0.3 is 6.18 Å². The van der Waals surface area contributed by atoms with E-state index in [2.05, 4.69) is 15.4 Å². The van der Waals surface area contributed by atoms with Crippen LogP contribution in [0.4, 0.5) is 13.2 Å². The van der Waals surface area contributed by atoms with Gasteiger partial charge in [0.1, 0.15) is 0 Å². The third-order valence-corrected chi connectivity index (χ3v) is 1.73. The molecule has 1 unspecified atom stereocenters. The molecule has 86 valence electrons. The van der Waals surface area contributed by atoms with Crippen LogP contribution in [0.15, 0.2) is 0 Å². The summed E-state index contributed by atoms with van der Waals surface area (Å²) in [5.41, 5.74) is 0. The SMILES string of the molecule is Cn1nnc(CC(O)CCC(F)(F)F)n1. The highest BCUT2D eigenvalue weighted by molar-refractivity contribution is 4.80. The van der Waals surface area contributed by atoms with Crippen LogP contribution in [-0.4, -0.2) is 37.6 Å². The summed E-state index contributed by atoms with van der Waals surface area (Å²) in [6.45, 7) is 0. The summed E-state index contributed by atoms with van der Waals surface area (Å²) in [4.78, 5) is 1.19. The van der Waals surface area contributed by atoms with Gasteiger partial charge in [-0.05, 0) is 11.6 Å². The first-order valence-electron chi connectivity index (χ1n) is 4.34. The van der Waals surface area contributed by atoms with Gasteiger partial charge in [-0.25, -0.2) is 0 Å². The topological polar surface area (TPSA) is 63.8 Å². The van der Waals surface area contributed by atoms with Gasteiger partial charge in [-0.2, -0.15) is 18.0 Å². The van der Waals surface area contributed by atoms with Gasteiger partial charge in [0.25, 0.3) is 0 Å². The zero-order valence-electron chi connectivity index (χ0n) is 8.07. The van der Waals surface area contributed by atoms with Crippen LogP contribution in [0.25, 0.3) is 0 Å². The fourth-order valence-electron chi connectivity index (χ4n) is 1.05. The molecule has 0 radical (unpaired) electrons. The maximum Gasteiger partial charge on any atom is 0.389 e. The Hall–Kier alpha value is -1.18. The van der Waals surface area contributed by atoms with Gasteiger partial charge in [-0.3, -0.25) is 0 Å². The Morgan fingerprint density at radius 1 is 1.47 bits per heavy atom. The molecular weight excluding hydrogens is 213 g/mol. The van der Waals surface area contributed by atoms with Crippen LogP contribution in [0.2, 0.25) is 0 Å². The fraction of sp³-hybridized carbons (Fsp3) is 0.857. The predicted molar refractivity (Wildman–Crippen MR) is 43.8 cm³/mol. The Kier molecular flexibility index (Phi) is 3.61. The van der Waals surface area contributed by atoms with Gasteiger partial charge in [0.2, 0.25) is 0 Å². The van der Waals surface area contributed by atoms with E-state index in [1.807, 2.05) is 0 Å². The third-order valence-electron chi connectivity index (χ3n) is 1.73. The van der Waals surface area contributed by atoms with Gasteiger partial charge in [-0.1, -0.05) is 0 Å². The molecule has 1 aromatic rings. The minimum Gasteiger partial charge on any atom is -0.393 e. The van der Waals surface area contributed by atoms with E-state index in [1.54, 1.807) is 7.05 Å². The minimum absolute atomic E-state index is 0.0100. The molecule has 0 spiro atoms. The third kappa shape index (κ3) is 4.73. The molecule has 0 saturated carbocycles. The molecule has 5 nitrogen and oxygen atoms in total. The molecule has 8 heteroatoms. The number of aryl methyl sites for hydroxylation is 1. The Balaban J connectivity index is 2.33. The molecule has 1 atom stereocenters. The van der Waals surface area contributed by atoms with Crippen LogP contribution in [0.1, 0.15) is 18.7 Å². The van der Waals surface area contributed by atoms with Crippen LogP contribution >= 0.6 is 0 Å². The van der Waals surface area contributed by atoms with Crippen molar-refractivity contribution >= 4 is 0 Å². The molecule has 1 heterocycles. The maximum atomic E-state index is 11.8. The lowest BCUT2D eigenvalue weighted by Gasteiger charge is -2.09.